The van der Waals surface area contributed by atoms with Crippen LogP contribution in [0.5, 0.6) is 5.75 Å². The summed E-state index contributed by atoms with van der Waals surface area (Å²) < 4.78 is 10.6. The van der Waals surface area contributed by atoms with Gasteiger partial charge in [0.2, 0.25) is 0 Å². The average molecular weight is 308 g/mol. The lowest BCUT2D eigenvalue weighted by Crippen LogP contribution is -2.26. The standard InChI is InChI=1S/C18H28O4/c1-12-11-16(13(2)10-15(12)14(3)19)22-9-7-8-18(4,5)17(20)21-6/h10-11,14,19H,7-9H2,1-6H3. The van der Waals surface area contributed by atoms with E-state index in [9.17, 15) is 9.90 Å². The summed E-state index contributed by atoms with van der Waals surface area (Å²) in [7, 11) is 1.41. The summed E-state index contributed by atoms with van der Waals surface area (Å²) in [6, 6.07) is 3.93. The third-order valence-electron chi connectivity index (χ3n) is 3.96. The van der Waals surface area contributed by atoms with Gasteiger partial charge >= 0.3 is 5.97 Å². The number of aliphatic hydroxyl groups is 1. The first-order chi connectivity index (χ1) is 10.2. The van der Waals surface area contributed by atoms with E-state index in [1.165, 1.54) is 7.11 Å². The van der Waals surface area contributed by atoms with Gasteiger partial charge in [0.1, 0.15) is 5.75 Å². The van der Waals surface area contributed by atoms with Crippen LogP contribution >= 0.6 is 0 Å². The van der Waals surface area contributed by atoms with E-state index in [0.717, 1.165) is 28.9 Å². The van der Waals surface area contributed by atoms with E-state index in [1.807, 2.05) is 39.8 Å². The van der Waals surface area contributed by atoms with Gasteiger partial charge in [-0.15, -0.1) is 0 Å². The molecule has 0 amide bonds. The molecule has 0 spiro atoms. The van der Waals surface area contributed by atoms with Crippen molar-refractivity contribution >= 4 is 5.97 Å². The van der Waals surface area contributed by atoms with Crippen LogP contribution in [0.1, 0.15) is 56.4 Å². The molecule has 1 aromatic rings. The second-order valence-electron chi connectivity index (χ2n) is 6.48. The second kappa shape index (κ2) is 7.63. The summed E-state index contributed by atoms with van der Waals surface area (Å²) >= 11 is 0. The number of carbonyl (C=O) groups is 1. The minimum atomic E-state index is -0.487. The molecule has 0 heterocycles. The Kier molecular flexibility index (Phi) is 6.42. The van der Waals surface area contributed by atoms with E-state index < -0.39 is 11.5 Å². The molecule has 0 aliphatic rings. The van der Waals surface area contributed by atoms with Crippen LogP contribution in [0.15, 0.2) is 12.1 Å². The Balaban J connectivity index is 2.59. The van der Waals surface area contributed by atoms with Crippen LogP contribution in [0.2, 0.25) is 0 Å². The molecule has 4 nitrogen and oxygen atoms in total. The fraction of sp³-hybridized carbons (Fsp3) is 0.611. The molecule has 124 valence electrons. The highest BCUT2D eigenvalue weighted by molar-refractivity contribution is 5.75. The Morgan fingerprint density at radius 2 is 1.91 bits per heavy atom. The van der Waals surface area contributed by atoms with E-state index in [2.05, 4.69) is 0 Å². The number of rotatable bonds is 7. The third-order valence-corrected chi connectivity index (χ3v) is 3.96. The molecule has 1 aromatic carbocycles. The number of aliphatic hydroxyl groups excluding tert-OH is 1. The highest BCUT2D eigenvalue weighted by atomic mass is 16.5. The molecule has 0 aliphatic heterocycles. The SMILES string of the molecule is COC(=O)C(C)(C)CCCOc1cc(C)c(C(C)O)cc1C. The molecular formula is C18H28O4. The van der Waals surface area contributed by atoms with Crippen molar-refractivity contribution in [3.8, 4) is 5.75 Å². The van der Waals surface area contributed by atoms with Gasteiger partial charge < -0.3 is 14.6 Å². The highest BCUT2D eigenvalue weighted by Gasteiger charge is 2.27. The number of ether oxygens (including phenoxy) is 2. The Morgan fingerprint density at radius 3 is 2.45 bits per heavy atom. The van der Waals surface area contributed by atoms with Crippen molar-refractivity contribution in [1.82, 2.24) is 0 Å². The maximum atomic E-state index is 11.6. The zero-order valence-electron chi connectivity index (χ0n) is 14.5. The number of esters is 1. The molecule has 1 unspecified atom stereocenters. The van der Waals surface area contributed by atoms with Gasteiger partial charge in [-0.25, -0.2) is 0 Å². The van der Waals surface area contributed by atoms with Crippen LogP contribution in [0, 0.1) is 19.3 Å². The number of methoxy groups -OCH3 is 1. The van der Waals surface area contributed by atoms with Crippen LogP contribution in [-0.2, 0) is 9.53 Å². The molecule has 0 saturated heterocycles. The summed E-state index contributed by atoms with van der Waals surface area (Å²) in [4.78, 5) is 11.6. The van der Waals surface area contributed by atoms with Crippen LogP contribution in [0.3, 0.4) is 0 Å². The maximum absolute atomic E-state index is 11.6. The lowest BCUT2D eigenvalue weighted by atomic mass is 9.88. The third kappa shape index (κ3) is 4.73. The maximum Gasteiger partial charge on any atom is 0.311 e. The van der Waals surface area contributed by atoms with Crippen molar-refractivity contribution in [2.75, 3.05) is 13.7 Å². The summed E-state index contributed by atoms with van der Waals surface area (Å²) in [5.74, 6) is 0.638. The first kappa shape index (κ1) is 18.5. The Hall–Kier alpha value is -1.55. The first-order valence-corrected chi connectivity index (χ1v) is 7.69. The van der Waals surface area contributed by atoms with Crippen molar-refractivity contribution in [3.05, 3.63) is 28.8 Å². The molecule has 1 atom stereocenters. The normalized spacial score (nSPS) is 12.9. The van der Waals surface area contributed by atoms with Gasteiger partial charge in [-0.05, 0) is 76.3 Å². The first-order valence-electron chi connectivity index (χ1n) is 7.69. The molecule has 22 heavy (non-hydrogen) atoms. The van der Waals surface area contributed by atoms with Gasteiger partial charge in [0.05, 0.1) is 25.2 Å². The fourth-order valence-corrected chi connectivity index (χ4v) is 2.49. The van der Waals surface area contributed by atoms with E-state index in [0.29, 0.717) is 13.0 Å². The minimum Gasteiger partial charge on any atom is -0.493 e. The smallest absolute Gasteiger partial charge is 0.311 e. The largest absolute Gasteiger partial charge is 0.493 e. The molecule has 0 aliphatic carbocycles. The summed E-state index contributed by atoms with van der Waals surface area (Å²) in [5.41, 5.74) is 2.47. The molecule has 0 fully saturated rings. The predicted molar refractivity (Wildman–Crippen MR) is 87.1 cm³/mol. The van der Waals surface area contributed by atoms with Crippen molar-refractivity contribution < 1.29 is 19.4 Å². The quantitative estimate of drug-likeness (QED) is 0.616. The molecule has 0 bridgehead atoms. The van der Waals surface area contributed by atoms with E-state index in [1.54, 1.807) is 6.92 Å². The van der Waals surface area contributed by atoms with Crippen LogP contribution in [-0.4, -0.2) is 24.8 Å². The van der Waals surface area contributed by atoms with E-state index >= 15 is 0 Å². The minimum absolute atomic E-state index is 0.194. The second-order valence-corrected chi connectivity index (χ2v) is 6.48. The molecule has 0 saturated carbocycles. The Morgan fingerprint density at radius 1 is 1.27 bits per heavy atom. The molecule has 0 radical (unpaired) electrons. The van der Waals surface area contributed by atoms with Crippen molar-refractivity contribution in [2.45, 2.75) is 53.6 Å². The van der Waals surface area contributed by atoms with Crippen LogP contribution < -0.4 is 4.74 Å². The lowest BCUT2D eigenvalue weighted by molar-refractivity contribution is -0.151. The fourth-order valence-electron chi connectivity index (χ4n) is 2.49. The Bertz CT molecular complexity index is 518. The van der Waals surface area contributed by atoms with Crippen LogP contribution in [0.25, 0.3) is 0 Å². The summed E-state index contributed by atoms with van der Waals surface area (Å²) in [6.07, 6.45) is 1.01. The predicted octanol–water partition coefficient (Wildman–Crippen LogP) is 3.71. The van der Waals surface area contributed by atoms with Crippen LogP contribution in [0.4, 0.5) is 0 Å². The van der Waals surface area contributed by atoms with Gasteiger partial charge in [-0.2, -0.15) is 0 Å². The molecule has 1 rings (SSSR count). The number of benzene rings is 1. The van der Waals surface area contributed by atoms with Gasteiger partial charge in [-0.3, -0.25) is 4.79 Å². The zero-order valence-corrected chi connectivity index (χ0v) is 14.5. The molecular weight excluding hydrogens is 280 g/mol. The summed E-state index contributed by atoms with van der Waals surface area (Å²) in [5, 5.41) is 9.71. The highest BCUT2D eigenvalue weighted by Crippen LogP contribution is 2.28. The number of hydrogen-bond donors (Lipinski definition) is 1. The van der Waals surface area contributed by atoms with Crippen molar-refractivity contribution in [1.29, 1.82) is 0 Å². The molecule has 0 aromatic heterocycles. The number of carbonyl (C=O) groups excluding carboxylic acids is 1. The van der Waals surface area contributed by atoms with Gasteiger partial charge in [-0.1, -0.05) is 0 Å². The van der Waals surface area contributed by atoms with Gasteiger partial charge in [0, 0.05) is 0 Å². The van der Waals surface area contributed by atoms with Gasteiger partial charge in [0.15, 0.2) is 0 Å². The van der Waals surface area contributed by atoms with E-state index in [-0.39, 0.29) is 5.97 Å². The monoisotopic (exact) mass is 308 g/mol. The lowest BCUT2D eigenvalue weighted by Gasteiger charge is -2.21. The van der Waals surface area contributed by atoms with E-state index in [4.69, 9.17) is 9.47 Å². The zero-order chi connectivity index (χ0) is 16.9. The average Bonchev–Trinajstić information content (AvgIpc) is 2.45. The summed E-state index contributed by atoms with van der Waals surface area (Å²) in [6.45, 7) is 10.0. The molecule has 1 N–H and O–H groups in total. The topological polar surface area (TPSA) is 55.8 Å². The van der Waals surface area contributed by atoms with Crippen molar-refractivity contribution in [2.24, 2.45) is 5.41 Å². The van der Waals surface area contributed by atoms with Crippen molar-refractivity contribution in [3.63, 3.8) is 0 Å². The van der Waals surface area contributed by atoms with Gasteiger partial charge in [0.25, 0.3) is 0 Å². The number of aryl methyl sites for hydroxylation is 2. The number of hydrogen-bond acceptors (Lipinski definition) is 4. The Labute approximate surface area is 133 Å². The molecule has 4 heteroatoms.